The second kappa shape index (κ2) is 2.63. The molecule has 0 aromatic carbocycles. The summed E-state index contributed by atoms with van der Waals surface area (Å²) in [5.41, 5.74) is 0. The largest absolute Gasteiger partial charge is 0.316 e. The maximum absolute atomic E-state index is 3.50. The number of rotatable bonds is 0. The predicted molar refractivity (Wildman–Crippen MR) is 51.4 cm³/mol. The molecule has 1 nitrogen and oxygen atoms in total. The summed E-state index contributed by atoms with van der Waals surface area (Å²) < 4.78 is 0.967. The molecule has 58 valence electrons. The van der Waals surface area contributed by atoms with Gasteiger partial charge in [0.2, 0.25) is 0 Å². The Hall–Kier alpha value is 0.690. The molecule has 2 heteroatoms. The van der Waals surface area contributed by atoms with Crippen molar-refractivity contribution in [2.24, 2.45) is 17.8 Å². The average molecular weight is 251 g/mol. The van der Waals surface area contributed by atoms with E-state index >= 15 is 0 Å². The molecule has 1 N–H and O–H groups in total. The van der Waals surface area contributed by atoms with Gasteiger partial charge in [-0.05, 0) is 37.3 Å². The van der Waals surface area contributed by atoms with Gasteiger partial charge in [-0.2, -0.15) is 0 Å². The van der Waals surface area contributed by atoms with Gasteiger partial charge >= 0.3 is 0 Å². The first-order valence-electron chi connectivity index (χ1n) is 4.14. The van der Waals surface area contributed by atoms with Gasteiger partial charge in [-0.1, -0.05) is 29.5 Å². The summed E-state index contributed by atoms with van der Waals surface area (Å²) in [7, 11) is 0. The standard InChI is InChI=1S/C8H14IN/c1-5-2-6-3-10-4-7(5)8(6)9/h5-8,10H,2-4H2,1H3/t5?,6-,7?,8?/m0/s1. The van der Waals surface area contributed by atoms with Gasteiger partial charge in [-0.3, -0.25) is 0 Å². The smallest absolute Gasteiger partial charge is 0.0193 e. The van der Waals surface area contributed by atoms with E-state index in [1.54, 1.807) is 0 Å². The molecule has 1 aliphatic carbocycles. The van der Waals surface area contributed by atoms with Crippen LogP contribution in [0.15, 0.2) is 0 Å². The molecule has 3 unspecified atom stereocenters. The Bertz CT molecular complexity index is 137. The number of alkyl halides is 1. The van der Waals surface area contributed by atoms with E-state index < -0.39 is 0 Å². The third-order valence-corrected chi connectivity index (χ3v) is 4.99. The lowest BCUT2D eigenvalue weighted by molar-refractivity contribution is 0.377. The van der Waals surface area contributed by atoms with E-state index in [1.165, 1.54) is 19.5 Å². The van der Waals surface area contributed by atoms with Crippen molar-refractivity contribution in [1.82, 2.24) is 5.32 Å². The van der Waals surface area contributed by atoms with Gasteiger partial charge < -0.3 is 5.32 Å². The van der Waals surface area contributed by atoms with Crippen molar-refractivity contribution in [3.63, 3.8) is 0 Å². The summed E-state index contributed by atoms with van der Waals surface area (Å²) in [5, 5.41) is 3.50. The van der Waals surface area contributed by atoms with Crippen LogP contribution in [0, 0.1) is 17.8 Å². The molecule has 0 aromatic rings. The van der Waals surface area contributed by atoms with Crippen LogP contribution in [0.25, 0.3) is 0 Å². The SMILES string of the molecule is CC1C[C@H]2CNCC1C2I. The van der Waals surface area contributed by atoms with Gasteiger partial charge in [0.15, 0.2) is 0 Å². The molecule has 0 spiro atoms. The van der Waals surface area contributed by atoms with Crippen molar-refractivity contribution in [3.05, 3.63) is 0 Å². The zero-order valence-electron chi connectivity index (χ0n) is 6.31. The van der Waals surface area contributed by atoms with Crippen molar-refractivity contribution in [2.45, 2.75) is 17.3 Å². The second-order valence-corrected chi connectivity index (χ2v) is 5.18. The van der Waals surface area contributed by atoms with Crippen LogP contribution in [0.3, 0.4) is 0 Å². The first-order valence-corrected chi connectivity index (χ1v) is 5.38. The number of halogens is 1. The molecule has 0 amide bonds. The summed E-state index contributed by atoms with van der Waals surface area (Å²) in [4.78, 5) is 0. The van der Waals surface area contributed by atoms with Crippen LogP contribution >= 0.6 is 22.6 Å². The van der Waals surface area contributed by atoms with E-state index in [0.717, 1.165) is 21.7 Å². The monoisotopic (exact) mass is 251 g/mol. The van der Waals surface area contributed by atoms with E-state index in [1.807, 2.05) is 0 Å². The first kappa shape index (κ1) is 7.35. The summed E-state index contributed by atoms with van der Waals surface area (Å²) in [6.07, 6.45) is 1.46. The topological polar surface area (TPSA) is 12.0 Å². The Morgan fingerprint density at radius 3 is 2.80 bits per heavy atom. The Balaban J connectivity index is 2.14. The van der Waals surface area contributed by atoms with Crippen molar-refractivity contribution in [2.75, 3.05) is 13.1 Å². The number of hydrogen-bond donors (Lipinski definition) is 1. The van der Waals surface area contributed by atoms with Crippen molar-refractivity contribution >= 4 is 22.6 Å². The molecule has 1 saturated carbocycles. The highest BCUT2D eigenvalue weighted by Gasteiger charge is 2.41. The van der Waals surface area contributed by atoms with Gasteiger partial charge in [0.25, 0.3) is 0 Å². The summed E-state index contributed by atoms with van der Waals surface area (Å²) in [6.45, 7) is 4.95. The fourth-order valence-corrected chi connectivity index (χ4v) is 3.90. The van der Waals surface area contributed by atoms with Crippen molar-refractivity contribution in [1.29, 1.82) is 0 Å². The first-order chi connectivity index (χ1) is 4.79. The molecule has 2 aliphatic rings. The third kappa shape index (κ3) is 0.998. The minimum Gasteiger partial charge on any atom is -0.316 e. The zero-order chi connectivity index (χ0) is 7.14. The van der Waals surface area contributed by atoms with Gasteiger partial charge in [-0.15, -0.1) is 0 Å². The number of nitrogens with one attached hydrogen (secondary N) is 1. The summed E-state index contributed by atoms with van der Waals surface area (Å²) in [6, 6.07) is 0. The fraction of sp³-hybridized carbons (Fsp3) is 1.00. The Kier molecular flexibility index (Phi) is 1.93. The van der Waals surface area contributed by atoms with Crippen molar-refractivity contribution < 1.29 is 0 Å². The lowest BCUT2D eigenvalue weighted by atomic mass is 9.97. The quantitative estimate of drug-likeness (QED) is 0.510. The van der Waals surface area contributed by atoms with Crippen LogP contribution in [-0.4, -0.2) is 17.0 Å². The van der Waals surface area contributed by atoms with Gasteiger partial charge in [-0.25, -0.2) is 0 Å². The van der Waals surface area contributed by atoms with Crippen LogP contribution in [-0.2, 0) is 0 Å². The van der Waals surface area contributed by atoms with E-state index in [4.69, 9.17) is 0 Å². The molecule has 0 radical (unpaired) electrons. The Labute approximate surface area is 76.1 Å². The molecular formula is C8H14IN. The molecule has 2 bridgehead atoms. The van der Waals surface area contributed by atoms with E-state index in [0.29, 0.717) is 0 Å². The lowest BCUT2D eigenvalue weighted by Gasteiger charge is -2.26. The molecule has 2 rings (SSSR count). The maximum Gasteiger partial charge on any atom is 0.0193 e. The van der Waals surface area contributed by atoms with Crippen LogP contribution < -0.4 is 5.32 Å². The summed E-state index contributed by atoms with van der Waals surface area (Å²) >= 11 is 2.65. The van der Waals surface area contributed by atoms with Crippen LogP contribution in [0.2, 0.25) is 0 Å². The zero-order valence-corrected chi connectivity index (χ0v) is 8.47. The molecule has 1 aliphatic heterocycles. The lowest BCUT2D eigenvalue weighted by Crippen LogP contribution is -2.39. The van der Waals surface area contributed by atoms with Crippen molar-refractivity contribution in [3.8, 4) is 0 Å². The van der Waals surface area contributed by atoms with Gasteiger partial charge in [0.05, 0.1) is 0 Å². The molecular weight excluding hydrogens is 237 g/mol. The van der Waals surface area contributed by atoms with Crippen LogP contribution in [0.4, 0.5) is 0 Å². The van der Waals surface area contributed by atoms with E-state index in [2.05, 4.69) is 34.8 Å². The predicted octanol–water partition coefficient (Wildman–Crippen LogP) is 1.67. The normalized spacial score (nSPS) is 53.4. The minimum atomic E-state index is 0.967. The summed E-state index contributed by atoms with van der Waals surface area (Å²) in [5.74, 6) is 2.93. The number of piperidine rings is 1. The molecule has 4 atom stereocenters. The van der Waals surface area contributed by atoms with E-state index in [9.17, 15) is 0 Å². The average Bonchev–Trinajstić information content (AvgIpc) is 2.16. The maximum atomic E-state index is 3.50. The Morgan fingerprint density at radius 2 is 2.20 bits per heavy atom. The highest BCUT2D eigenvalue weighted by molar-refractivity contribution is 14.1. The molecule has 0 aromatic heterocycles. The molecule has 1 heterocycles. The van der Waals surface area contributed by atoms with Gasteiger partial charge in [0.1, 0.15) is 0 Å². The third-order valence-electron chi connectivity index (χ3n) is 3.05. The second-order valence-electron chi connectivity index (χ2n) is 3.74. The molecule has 10 heavy (non-hydrogen) atoms. The fourth-order valence-electron chi connectivity index (χ4n) is 2.39. The van der Waals surface area contributed by atoms with Crippen LogP contribution in [0.5, 0.6) is 0 Å². The number of hydrogen-bond acceptors (Lipinski definition) is 1. The minimum absolute atomic E-state index is 0.967. The van der Waals surface area contributed by atoms with Gasteiger partial charge in [0, 0.05) is 3.92 Å². The number of fused-ring (bicyclic) bond motifs is 2. The highest BCUT2D eigenvalue weighted by Crippen LogP contribution is 2.42. The van der Waals surface area contributed by atoms with Crippen LogP contribution in [0.1, 0.15) is 13.3 Å². The van der Waals surface area contributed by atoms with E-state index in [-0.39, 0.29) is 0 Å². The molecule has 2 fully saturated rings. The molecule has 1 saturated heterocycles. The Morgan fingerprint density at radius 1 is 1.40 bits per heavy atom. The highest BCUT2D eigenvalue weighted by atomic mass is 127.